The van der Waals surface area contributed by atoms with E-state index in [1.807, 2.05) is 0 Å². The van der Waals surface area contributed by atoms with E-state index in [9.17, 15) is 0 Å². The molecule has 2 heteroatoms. The highest BCUT2D eigenvalue weighted by Crippen LogP contribution is 2.07. The molecule has 0 spiro atoms. The van der Waals surface area contributed by atoms with Crippen LogP contribution in [0.15, 0.2) is 0 Å². The predicted octanol–water partition coefficient (Wildman–Crippen LogP) is 0.383. The zero-order chi connectivity index (χ0) is 5.98. The molecule has 48 valence electrons. The van der Waals surface area contributed by atoms with E-state index in [-0.39, 0.29) is 0 Å². The molecule has 0 unspecified atom stereocenters. The van der Waals surface area contributed by atoms with Crippen molar-refractivity contribution in [1.29, 1.82) is 0 Å². The lowest BCUT2D eigenvalue weighted by molar-refractivity contribution is 0.118. The zero-order valence-electron chi connectivity index (χ0n) is 5.48. The van der Waals surface area contributed by atoms with Crippen molar-refractivity contribution in [2.45, 2.75) is 25.5 Å². The van der Waals surface area contributed by atoms with Crippen LogP contribution in [-0.2, 0) is 4.74 Å². The SMILES string of the molecule is CO[C@@H]1CN[C@H](C)C1. The fourth-order valence-electron chi connectivity index (χ4n) is 1.07. The molecule has 1 saturated heterocycles. The van der Waals surface area contributed by atoms with E-state index in [1.165, 1.54) is 0 Å². The van der Waals surface area contributed by atoms with E-state index in [0.717, 1.165) is 13.0 Å². The van der Waals surface area contributed by atoms with Crippen molar-refractivity contribution < 1.29 is 4.74 Å². The number of nitrogens with one attached hydrogen (secondary N) is 1. The van der Waals surface area contributed by atoms with Gasteiger partial charge in [0.25, 0.3) is 0 Å². The van der Waals surface area contributed by atoms with Crippen LogP contribution in [0.1, 0.15) is 13.3 Å². The van der Waals surface area contributed by atoms with Crippen LogP contribution in [0.5, 0.6) is 0 Å². The monoisotopic (exact) mass is 115 g/mol. The Kier molecular flexibility index (Phi) is 1.86. The Hall–Kier alpha value is -0.0800. The second-order valence-corrected chi connectivity index (χ2v) is 2.40. The topological polar surface area (TPSA) is 21.3 Å². The van der Waals surface area contributed by atoms with Crippen LogP contribution in [0.4, 0.5) is 0 Å². The van der Waals surface area contributed by atoms with Crippen molar-refractivity contribution in [3.8, 4) is 0 Å². The lowest BCUT2D eigenvalue weighted by Crippen LogP contribution is -2.18. The molecular weight excluding hydrogens is 102 g/mol. The zero-order valence-corrected chi connectivity index (χ0v) is 5.48. The van der Waals surface area contributed by atoms with Gasteiger partial charge < -0.3 is 10.1 Å². The minimum Gasteiger partial charge on any atom is -0.380 e. The molecule has 1 aliphatic rings. The Morgan fingerprint density at radius 1 is 1.62 bits per heavy atom. The molecule has 0 amide bonds. The normalized spacial score (nSPS) is 38.2. The first-order valence-electron chi connectivity index (χ1n) is 3.09. The van der Waals surface area contributed by atoms with E-state index < -0.39 is 0 Å². The minimum atomic E-state index is 0.463. The Labute approximate surface area is 50.2 Å². The van der Waals surface area contributed by atoms with Crippen molar-refractivity contribution in [3.05, 3.63) is 0 Å². The van der Waals surface area contributed by atoms with Crippen molar-refractivity contribution in [2.75, 3.05) is 13.7 Å². The Bertz CT molecular complexity index is 74.9. The van der Waals surface area contributed by atoms with E-state index in [1.54, 1.807) is 7.11 Å². The van der Waals surface area contributed by atoms with Gasteiger partial charge in [-0.25, -0.2) is 0 Å². The Balaban J connectivity index is 2.22. The van der Waals surface area contributed by atoms with Crippen LogP contribution in [0.3, 0.4) is 0 Å². The number of hydrogen-bond donors (Lipinski definition) is 1. The molecule has 8 heavy (non-hydrogen) atoms. The van der Waals surface area contributed by atoms with Gasteiger partial charge in [0.15, 0.2) is 0 Å². The molecular formula is C6H13NO. The average Bonchev–Trinajstić information content (AvgIpc) is 2.14. The third-order valence-corrected chi connectivity index (χ3v) is 1.64. The van der Waals surface area contributed by atoms with Crippen LogP contribution in [0.2, 0.25) is 0 Å². The summed E-state index contributed by atoms with van der Waals surface area (Å²) in [6.07, 6.45) is 1.63. The number of ether oxygens (including phenoxy) is 1. The summed E-state index contributed by atoms with van der Waals surface area (Å²) < 4.78 is 5.12. The lowest BCUT2D eigenvalue weighted by atomic mass is 10.2. The van der Waals surface area contributed by atoms with Crippen LogP contribution in [-0.4, -0.2) is 25.8 Å². The molecule has 2 nitrogen and oxygen atoms in total. The Morgan fingerprint density at radius 3 is 2.62 bits per heavy atom. The summed E-state index contributed by atoms with van der Waals surface area (Å²) in [6.45, 7) is 3.21. The molecule has 1 aliphatic heterocycles. The largest absolute Gasteiger partial charge is 0.380 e. The second-order valence-electron chi connectivity index (χ2n) is 2.40. The summed E-state index contributed by atoms with van der Waals surface area (Å²) >= 11 is 0. The average molecular weight is 115 g/mol. The highest BCUT2D eigenvalue weighted by atomic mass is 16.5. The van der Waals surface area contributed by atoms with E-state index >= 15 is 0 Å². The number of methoxy groups -OCH3 is 1. The van der Waals surface area contributed by atoms with Crippen LogP contribution in [0.25, 0.3) is 0 Å². The molecule has 0 aromatic carbocycles. The van der Waals surface area contributed by atoms with Crippen LogP contribution >= 0.6 is 0 Å². The first-order valence-corrected chi connectivity index (χ1v) is 3.09. The van der Waals surface area contributed by atoms with Gasteiger partial charge in [-0.05, 0) is 13.3 Å². The van der Waals surface area contributed by atoms with Gasteiger partial charge in [0.05, 0.1) is 6.10 Å². The fourth-order valence-corrected chi connectivity index (χ4v) is 1.07. The van der Waals surface area contributed by atoms with Gasteiger partial charge in [0.1, 0.15) is 0 Å². The quantitative estimate of drug-likeness (QED) is 0.533. The van der Waals surface area contributed by atoms with Gasteiger partial charge in [-0.2, -0.15) is 0 Å². The molecule has 0 aliphatic carbocycles. The van der Waals surface area contributed by atoms with Gasteiger partial charge in [-0.3, -0.25) is 0 Å². The third kappa shape index (κ3) is 1.20. The molecule has 0 radical (unpaired) electrons. The fraction of sp³-hybridized carbons (Fsp3) is 1.00. The highest BCUT2D eigenvalue weighted by Gasteiger charge is 2.18. The van der Waals surface area contributed by atoms with Crippen molar-refractivity contribution in [2.24, 2.45) is 0 Å². The van der Waals surface area contributed by atoms with Crippen molar-refractivity contribution in [1.82, 2.24) is 5.32 Å². The highest BCUT2D eigenvalue weighted by molar-refractivity contribution is 4.77. The molecule has 0 aromatic rings. The van der Waals surface area contributed by atoms with Crippen LogP contribution < -0.4 is 5.32 Å². The Morgan fingerprint density at radius 2 is 2.38 bits per heavy atom. The predicted molar refractivity (Wildman–Crippen MR) is 32.9 cm³/mol. The van der Waals surface area contributed by atoms with E-state index in [2.05, 4.69) is 12.2 Å². The van der Waals surface area contributed by atoms with E-state index in [0.29, 0.717) is 12.1 Å². The van der Waals surface area contributed by atoms with Gasteiger partial charge in [0.2, 0.25) is 0 Å². The summed E-state index contributed by atoms with van der Waals surface area (Å²) in [5.41, 5.74) is 0. The summed E-state index contributed by atoms with van der Waals surface area (Å²) in [4.78, 5) is 0. The van der Waals surface area contributed by atoms with E-state index in [4.69, 9.17) is 4.74 Å². The number of rotatable bonds is 1. The maximum absolute atomic E-state index is 5.12. The second kappa shape index (κ2) is 2.46. The number of hydrogen-bond acceptors (Lipinski definition) is 2. The molecule has 1 rings (SSSR count). The summed E-state index contributed by atoms with van der Waals surface area (Å²) in [7, 11) is 1.77. The molecule has 1 heterocycles. The molecule has 0 saturated carbocycles. The summed E-state index contributed by atoms with van der Waals surface area (Å²) in [5, 5.41) is 3.30. The maximum Gasteiger partial charge on any atom is 0.0710 e. The third-order valence-electron chi connectivity index (χ3n) is 1.64. The first kappa shape index (κ1) is 6.05. The first-order chi connectivity index (χ1) is 3.83. The van der Waals surface area contributed by atoms with Gasteiger partial charge in [-0.15, -0.1) is 0 Å². The summed E-state index contributed by atoms with van der Waals surface area (Å²) in [6, 6.07) is 0.653. The van der Waals surface area contributed by atoms with Crippen molar-refractivity contribution >= 4 is 0 Å². The lowest BCUT2D eigenvalue weighted by Gasteiger charge is -2.02. The molecule has 0 bridgehead atoms. The molecule has 2 atom stereocenters. The van der Waals surface area contributed by atoms with Crippen LogP contribution in [0, 0.1) is 0 Å². The smallest absolute Gasteiger partial charge is 0.0710 e. The summed E-state index contributed by atoms with van der Waals surface area (Å²) in [5.74, 6) is 0. The molecule has 0 aromatic heterocycles. The molecule has 1 fully saturated rings. The van der Waals surface area contributed by atoms with Gasteiger partial charge in [0, 0.05) is 19.7 Å². The molecule has 1 N–H and O–H groups in total. The van der Waals surface area contributed by atoms with Gasteiger partial charge >= 0.3 is 0 Å². The minimum absolute atomic E-state index is 0.463. The van der Waals surface area contributed by atoms with Gasteiger partial charge in [-0.1, -0.05) is 0 Å². The maximum atomic E-state index is 5.12. The standard InChI is InChI=1S/C6H13NO/c1-5-3-6(8-2)4-7-5/h5-7H,3-4H2,1-2H3/t5-,6+/m1/s1. The van der Waals surface area contributed by atoms with Crippen molar-refractivity contribution in [3.63, 3.8) is 0 Å².